The van der Waals surface area contributed by atoms with E-state index in [2.05, 4.69) is 9.97 Å². The molecule has 1 aromatic heterocycles. The number of halogens is 1. The second kappa shape index (κ2) is 4.88. The van der Waals surface area contributed by atoms with Crippen LogP contribution in [0.25, 0.3) is 0 Å². The van der Waals surface area contributed by atoms with E-state index in [0.717, 1.165) is 0 Å². The topological polar surface area (TPSA) is 55.2 Å². The molecule has 1 aromatic carbocycles. The molecule has 88 valence electrons. The van der Waals surface area contributed by atoms with Crippen LogP contribution < -0.4 is 4.74 Å². The van der Waals surface area contributed by atoms with Crippen molar-refractivity contribution in [3.05, 3.63) is 47.5 Å². The van der Waals surface area contributed by atoms with Crippen LogP contribution in [0.4, 0.5) is 4.39 Å². The molecule has 0 aliphatic carbocycles. The van der Waals surface area contributed by atoms with Crippen molar-refractivity contribution in [2.24, 2.45) is 0 Å². The average Bonchev–Trinajstić information content (AvgIpc) is 2.36. The second-order valence-corrected chi connectivity index (χ2v) is 3.52. The second-order valence-electron chi connectivity index (χ2n) is 3.52. The van der Waals surface area contributed by atoms with Gasteiger partial charge in [-0.2, -0.15) is 0 Å². The summed E-state index contributed by atoms with van der Waals surface area (Å²) < 4.78 is 18.8. The normalized spacial score (nSPS) is 10.3. The van der Waals surface area contributed by atoms with Gasteiger partial charge in [0.2, 0.25) is 0 Å². The molecule has 1 N–H and O–H groups in total. The molecule has 0 saturated carbocycles. The molecular formula is C12H11FN2O2. The quantitative estimate of drug-likeness (QED) is 0.884. The highest BCUT2D eigenvalue weighted by molar-refractivity contribution is 5.31. The van der Waals surface area contributed by atoms with Gasteiger partial charge in [-0.3, -0.25) is 0 Å². The first-order chi connectivity index (χ1) is 8.20. The third-order valence-electron chi connectivity index (χ3n) is 2.22. The maximum absolute atomic E-state index is 13.6. The van der Waals surface area contributed by atoms with Crippen LogP contribution in [0.2, 0.25) is 0 Å². The average molecular weight is 234 g/mol. The molecule has 2 aromatic rings. The van der Waals surface area contributed by atoms with E-state index in [-0.39, 0.29) is 18.4 Å². The Labute approximate surface area is 97.7 Å². The summed E-state index contributed by atoms with van der Waals surface area (Å²) in [6.07, 6.45) is 2.85. The summed E-state index contributed by atoms with van der Waals surface area (Å²) in [6.45, 7) is 1.51. The van der Waals surface area contributed by atoms with Crippen molar-refractivity contribution in [3.8, 4) is 11.8 Å². The summed E-state index contributed by atoms with van der Waals surface area (Å²) in [6, 6.07) is 4.89. The number of hydrogen-bond donors (Lipinski definition) is 1. The Hall–Kier alpha value is -2.01. The van der Waals surface area contributed by atoms with Crippen LogP contribution >= 0.6 is 0 Å². The molecule has 1 heterocycles. The summed E-state index contributed by atoms with van der Waals surface area (Å²) in [4.78, 5) is 7.71. The zero-order valence-corrected chi connectivity index (χ0v) is 9.22. The van der Waals surface area contributed by atoms with Crippen LogP contribution in [0.5, 0.6) is 11.8 Å². The van der Waals surface area contributed by atoms with Gasteiger partial charge in [-0.1, -0.05) is 12.1 Å². The van der Waals surface area contributed by atoms with Crippen molar-refractivity contribution in [2.75, 3.05) is 0 Å². The third-order valence-corrected chi connectivity index (χ3v) is 2.22. The molecule has 0 fully saturated rings. The van der Waals surface area contributed by atoms with Gasteiger partial charge in [-0.05, 0) is 18.6 Å². The number of aromatic nitrogens is 2. The number of aliphatic hydroxyl groups excluding tert-OH is 1. The molecule has 0 unspecified atom stereocenters. The Bertz CT molecular complexity index is 514. The van der Waals surface area contributed by atoms with E-state index in [0.29, 0.717) is 11.1 Å². The molecule has 0 aliphatic rings. The number of rotatable bonds is 3. The van der Waals surface area contributed by atoms with Gasteiger partial charge in [-0.15, -0.1) is 0 Å². The highest BCUT2D eigenvalue weighted by atomic mass is 19.1. The summed E-state index contributed by atoms with van der Waals surface area (Å²) in [5.74, 6) is -0.343. The maximum Gasteiger partial charge on any atom is 0.321 e. The maximum atomic E-state index is 13.6. The minimum atomic E-state index is -0.428. The van der Waals surface area contributed by atoms with E-state index in [1.165, 1.54) is 18.5 Å². The fraction of sp³-hybridized carbons (Fsp3) is 0.167. The molecule has 17 heavy (non-hydrogen) atoms. The van der Waals surface area contributed by atoms with Gasteiger partial charge in [0.1, 0.15) is 0 Å². The lowest BCUT2D eigenvalue weighted by atomic mass is 10.2. The summed E-state index contributed by atoms with van der Waals surface area (Å²) in [5, 5.41) is 8.82. The molecule has 0 spiro atoms. The first kappa shape index (κ1) is 11.5. The Morgan fingerprint density at radius 1 is 1.29 bits per heavy atom. The van der Waals surface area contributed by atoms with Gasteiger partial charge < -0.3 is 9.84 Å². The molecule has 2 rings (SSSR count). The summed E-state index contributed by atoms with van der Waals surface area (Å²) >= 11 is 0. The molecule has 0 amide bonds. The summed E-state index contributed by atoms with van der Waals surface area (Å²) in [7, 11) is 0. The van der Waals surface area contributed by atoms with E-state index in [1.807, 2.05) is 0 Å². The molecule has 0 radical (unpaired) electrons. The lowest BCUT2D eigenvalue weighted by molar-refractivity contribution is 0.280. The zero-order chi connectivity index (χ0) is 12.3. The van der Waals surface area contributed by atoms with E-state index in [4.69, 9.17) is 9.84 Å². The van der Waals surface area contributed by atoms with E-state index in [1.54, 1.807) is 19.1 Å². The first-order valence-electron chi connectivity index (χ1n) is 5.05. The Balaban J connectivity index is 2.22. The van der Waals surface area contributed by atoms with E-state index in [9.17, 15) is 4.39 Å². The summed E-state index contributed by atoms with van der Waals surface area (Å²) in [5.41, 5.74) is 1.07. The lowest BCUT2D eigenvalue weighted by Crippen LogP contribution is -1.96. The number of aliphatic hydroxyl groups is 1. The smallest absolute Gasteiger partial charge is 0.321 e. The SMILES string of the molecule is Cc1cccc(Oc2ncc(CO)cn2)c1F. The molecule has 0 atom stereocenters. The fourth-order valence-electron chi connectivity index (χ4n) is 1.27. The highest BCUT2D eigenvalue weighted by Gasteiger charge is 2.08. The number of aryl methyl sites for hydroxylation is 1. The predicted molar refractivity (Wildman–Crippen MR) is 59.2 cm³/mol. The first-order valence-corrected chi connectivity index (χ1v) is 5.05. The van der Waals surface area contributed by atoms with Gasteiger partial charge >= 0.3 is 6.01 Å². The monoisotopic (exact) mass is 234 g/mol. The van der Waals surface area contributed by atoms with Crippen molar-refractivity contribution in [3.63, 3.8) is 0 Å². The van der Waals surface area contributed by atoms with Crippen molar-refractivity contribution >= 4 is 0 Å². The van der Waals surface area contributed by atoms with Gasteiger partial charge in [0, 0.05) is 18.0 Å². The Morgan fingerprint density at radius 2 is 2.00 bits per heavy atom. The fourth-order valence-corrected chi connectivity index (χ4v) is 1.27. The minimum Gasteiger partial charge on any atom is -0.421 e. The number of benzene rings is 1. The minimum absolute atomic E-state index is 0.0479. The van der Waals surface area contributed by atoms with E-state index < -0.39 is 5.82 Å². The number of ether oxygens (including phenoxy) is 1. The predicted octanol–water partition coefficient (Wildman–Crippen LogP) is 2.21. The largest absolute Gasteiger partial charge is 0.421 e. The van der Waals surface area contributed by atoms with Gasteiger partial charge in [0.05, 0.1) is 6.61 Å². The molecule has 0 saturated heterocycles. The number of hydrogen-bond acceptors (Lipinski definition) is 4. The van der Waals surface area contributed by atoms with Gasteiger partial charge in [0.25, 0.3) is 0 Å². The third kappa shape index (κ3) is 2.57. The molecular weight excluding hydrogens is 223 g/mol. The molecule has 4 nitrogen and oxygen atoms in total. The van der Waals surface area contributed by atoms with Crippen LogP contribution in [0.1, 0.15) is 11.1 Å². The van der Waals surface area contributed by atoms with Crippen molar-refractivity contribution < 1.29 is 14.2 Å². The van der Waals surface area contributed by atoms with Gasteiger partial charge in [-0.25, -0.2) is 14.4 Å². The zero-order valence-electron chi connectivity index (χ0n) is 9.22. The van der Waals surface area contributed by atoms with Crippen molar-refractivity contribution in [2.45, 2.75) is 13.5 Å². The van der Waals surface area contributed by atoms with Crippen molar-refractivity contribution in [1.82, 2.24) is 9.97 Å². The Kier molecular flexibility index (Phi) is 3.30. The molecule has 0 aliphatic heterocycles. The van der Waals surface area contributed by atoms with Crippen LogP contribution in [0.15, 0.2) is 30.6 Å². The Morgan fingerprint density at radius 3 is 2.65 bits per heavy atom. The van der Waals surface area contributed by atoms with Crippen LogP contribution in [0, 0.1) is 12.7 Å². The highest BCUT2D eigenvalue weighted by Crippen LogP contribution is 2.23. The molecule has 0 bridgehead atoms. The molecule has 5 heteroatoms. The number of nitrogens with zero attached hydrogens (tertiary/aromatic N) is 2. The van der Waals surface area contributed by atoms with E-state index >= 15 is 0 Å². The standard InChI is InChI=1S/C12H11FN2O2/c1-8-3-2-4-10(11(8)13)17-12-14-5-9(7-16)6-15-12/h2-6,16H,7H2,1H3. The van der Waals surface area contributed by atoms with Crippen molar-refractivity contribution in [1.29, 1.82) is 0 Å². The lowest BCUT2D eigenvalue weighted by Gasteiger charge is -2.06. The van der Waals surface area contributed by atoms with Crippen LogP contribution in [-0.4, -0.2) is 15.1 Å². The van der Waals surface area contributed by atoms with Crippen LogP contribution in [0.3, 0.4) is 0 Å². The van der Waals surface area contributed by atoms with Crippen LogP contribution in [-0.2, 0) is 6.61 Å². The van der Waals surface area contributed by atoms with Gasteiger partial charge in [0.15, 0.2) is 11.6 Å².